The average molecular weight is 512 g/mol. The van der Waals surface area contributed by atoms with E-state index in [-0.39, 0.29) is 23.7 Å². The van der Waals surface area contributed by atoms with Gasteiger partial charge in [-0.05, 0) is 54.5 Å². The number of rotatable bonds is 5. The Balaban J connectivity index is 1.49. The number of methoxy groups -OCH3 is 1. The molecule has 6 rings (SSSR count). The van der Waals surface area contributed by atoms with Gasteiger partial charge in [-0.25, -0.2) is 4.79 Å². The van der Waals surface area contributed by atoms with Crippen LogP contribution in [0.15, 0.2) is 66.7 Å². The zero-order valence-corrected chi connectivity index (χ0v) is 21.9. The van der Waals surface area contributed by atoms with E-state index in [0.717, 1.165) is 42.8 Å². The molecule has 0 saturated carbocycles. The highest BCUT2D eigenvalue weighted by Crippen LogP contribution is 2.55. The minimum absolute atomic E-state index is 0.0397. The SMILES string of the molecule is COC(=O)[C@@]1(Cc2ccccc2)[C@H]2c3cc(C(=O)N4CCCC4)n(C)c3C[C@H]2CN1C(=O)c1ccccc1. The van der Waals surface area contributed by atoms with Crippen LogP contribution in [0.1, 0.15) is 56.4 Å². The lowest BCUT2D eigenvalue weighted by atomic mass is 9.75. The maximum atomic E-state index is 14.0. The van der Waals surface area contributed by atoms with Crippen molar-refractivity contribution in [2.24, 2.45) is 13.0 Å². The topological polar surface area (TPSA) is 71.9 Å². The third kappa shape index (κ3) is 3.67. The molecule has 38 heavy (non-hydrogen) atoms. The lowest BCUT2D eigenvalue weighted by Gasteiger charge is -2.40. The minimum Gasteiger partial charge on any atom is -0.467 e. The largest absolute Gasteiger partial charge is 0.467 e. The van der Waals surface area contributed by atoms with Crippen LogP contribution in [0.2, 0.25) is 0 Å². The fourth-order valence-corrected chi connectivity index (χ4v) is 7.08. The number of fused-ring (bicyclic) bond motifs is 3. The third-order valence-corrected chi connectivity index (χ3v) is 8.80. The molecule has 7 nitrogen and oxygen atoms in total. The zero-order valence-electron chi connectivity index (χ0n) is 21.9. The van der Waals surface area contributed by atoms with Crippen molar-refractivity contribution in [3.05, 3.63) is 94.8 Å². The molecule has 196 valence electrons. The van der Waals surface area contributed by atoms with E-state index >= 15 is 0 Å². The number of likely N-dealkylation sites (tertiary alicyclic amines) is 2. The van der Waals surface area contributed by atoms with Crippen LogP contribution in [0.3, 0.4) is 0 Å². The molecule has 2 aromatic carbocycles. The summed E-state index contributed by atoms with van der Waals surface area (Å²) in [6.07, 6.45) is 3.10. The van der Waals surface area contributed by atoms with Gasteiger partial charge < -0.3 is 19.1 Å². The van der Waals surface area contributed by atoms with E-state index in [2.05, 4.69) is 0 Å². The normalized spacial score (nSPS) is 23.8. The number of carbonyl (C=O) groups is 3. The van der Waals surface area contributed by atoms with Crippen molar-refractivity contribution in [3.8, 4) is 0 Å². The number of hydrogen-bond acceptors (Lipinski definition) is 4. The van der Waals surface area contributed by atoms with Crippen LogP contribution in [-0.4, -0.2) is 64.4 Å². The number of amides is 2. The first kappa shape index (κ1) is 24.5. The van der Waals surface area contributed by atoms with Gasteiger partial charge in [-0.3, -0.25) is 9.59 Å². The maximum Gasteiger partial charge on any atom is 0.332 e. The number of aromatic nitrogens is 1. The molecule has 0 bridgehead atoms. The maximum absolute atomic E-state index is 14.0. The van der Waals surface area contributed by atoms with Crippen molar-refractivity contribution in [2.75, 3.05) is 26.7 Å². The predicted octanol–water partition coefficient (Wildman–Crippen LogP) is 3.83. The minimum atomic E-state index is -1.23. The monoisotopic (exact) mass is 511 g/mol. The van der Waals surface area contributed by atoms with Gasteiger partial charge in [0.05, 0.1) is 7.11 Å². The molecule has 3 aromatic rings. The molecule has 0 unspecified atom stereocenters. The summed E-state index contributed by atoms with van der Waals surface area (Å²) in [5.74, 6) is -0.769. The summed E-state index contributed by atoms with van der Waals surface area (Å²) in [6, 6.07) is 21.0. The number of esters is 1. The van der Waals surface area contributed by atoms with Crippen LogP contribution >= 0.6 is 0 Å². The highest BCUT2D eigenvalue weighted by Gasteiger charge is 2.64. The summed E-state index contributed by atoms with van der Waals surface area (Å²) in [5, 5.41) is 0. The van der Waals surface area contributed by atoms with E-state index in [1.807, 2.05) is 71.1 Å². The smallest absolute Gasteiger partial charge is 0.332 e. The number of hydrogen-bond donors (Lipinski definition) is 0. The first-order valence-electron chi connectivity index (χ1n) is 13.4. The Bertz CT molecular complexity index is 1380. The molecular formula is C31H33N3O4. The van der Waals surface area contributed by atoms with Crippen LogP contribution in [0.5, 0.6) is 0 Å². The van der Waals surface area contributed by atoms with Gasteiger partial charge in [0, 0.05) is 50.3 Å². The zero-order chi connectivity index (χ0) is 26.4. The predicted molar refractivity (Wildman–Crippen MR) is 143 cm³/mol. The van der Waals surface area contributed by atoms with E-state index in [1.165, 1.54) is 7.11 Å². The van der Waals surface area contributed by atoms with Crippen molar-refractivity contribution >= 4 is 17.8 Å². The Morgan fingerprint density at radius 2 is 1.61 bits per heavy atom. The molecule has 0 radical (unpaired) electrons. The quantitative estimate of drug-likeness (QED) is 0.488. The van der Waals surface area contributed by atoms with Gasteiger partial charge >= 0.3 is 5.97 Å². The van der Waals surface area contributed by atoms with Crippen LogP contribution in [0.25, 0.3) is 0 Å². The Morgan fingerprint density at radius 3 is 2.26 bits per heavy atom. The van der Waals surface area contributed by atoms with E-state index in [4.69, 9.17) is 4.74 Å². The molecule has 0 N–H and O–H groups in total. The van der Waals surface area contributed by atoms with Gasteiger partial charge in [0.25, 0.3) is 11.8 Å². The van der Waals surface area contributed by atoms with E-state index in [0.29, 0.717) is 30.6 Å². The Kier molecular flexibility index (Phi) is 6.09. The summed E-state index contributed by atoms with van der Waals surface area (Å²) in [5.41, 5.74) is 3.00. The molecule has 2 amide bonds. The van der Waals surface area contributed by atoms with Crippen molar-refractivity contribution in [1.29, 1.82) is 0 Å². The van der Waals surface area contributed by atoms with Crippen LogP contribution < -0.4 is 0 Å². The summed E-state index contributed by atoms with van der Waals surface area (Å²) >= 11 is 0. The first-order valence-corrected chi connectivity index (χ1v) is 13.4. The van der Waals surface area contributed by atoms with Crippen molar-refractivity contribution in [2.45, 2.75) is 37.1 Å². The second-order valence-corrected chi connectivity index (χ2v) is 10.8. The highest BCUT2D eigenvalue weighted by atomic mass is 16.5. The molecule has 3 atom stereocenters. The molecular weight excluding hydrogens is 478 g/mol. The average Bonchev–Trinajstić information content (AvgIpc) is 3.72. The van der Waals surface area contributed by atoms with Crippen molar-refractivity contribution < 1.29 is 19.1 Å². The number of carbonyl (C=O) groups excluding carboxylic acids is 3. The summed E-state index contributed by atoms with van der Waals surface area (Å²) in [6.45, 7) is 2.00. The lowest BCUT2D eigenvalue weighted by Crippen LogP contribution is -2.58. The number of nitrogens with zero attached hydrogens (tertiary/aromatic N) is 3. The van der Waals surface area contributed by atoms with Crippen LogP contribution in [0.4, 0.5) is 0 Å². The molecule has 2 saturated heterocycles. The fourth-order valence-electron chi connectivity index (χ4n) is 7.08. The van der Waals surface area contributed by atoms with Crippen molar-refractivity contribution in [1.82, 2.24) is 14.4 Å². The van der Waals surface area contributed by atoms with Gasteiger partial charge in [-0.15, -0.1) is 0 Å². The Morgan fingerprint density at radius 1 is 0.947 bits per heavy atom. The van der Waals surface area contributed by atoms with Gasteiger partial charge in [-0.1, -0.05) is 48.5 Å². The Labute approximate surface area is 223 Å². The van der Waals surface area contributed by atoms with Gasteiger partial charge in [0.1, 0.15) is 5.69 Å². The van der Waals surface area contributed by atoms with E-state index < -0.39 is 11.5 Å². The summed E-state index contributed by atoms with van der Waals surface area (Å²) in [4.78, 5) is 45.1. The summed E-state index contributed by atoms with van der Waals surface area (Å²) < 4.78 is 7.52. The van der Waals surface area contributed by atoms with Crippen LogP contribution in [0, 0.1) is 5.92 Å². The number of ether oxygens (including phenoxy) is 1. The molecule has 1 aromatic heterocycles. The Hall–Kier alpha value is -3.87. The molecule has 2 fully saturated rings. The lowest BCUT2D eigenvalue weighted by molar-refractivity contribution is -0.153. The molecule has 0 spiro atoms. The molecule has 2 aliphatic heterocycles. The van der Waals surface area contributed by atoms with E-state index in [1.54, 1.807) is 17.0 Å². The first-order chi connectivity index (χ1) is 18.5. The van der Waals surface area contributed by atoms with Crippen molar-refractivity contribution in [3.63, 3.8) is 0 Å². The molecule has 7 heteroatoms. The molecule has 1 aliphatic carbocycles. The second kappa shape index (κ2) is 9.46. The summed E-state index contributed by atoms with van der Waals surface area (Å²) in [7, 11) is 3.35. The van der Waals surface area contributed by atoms with Gasteiger partial charge in [0.15, 0.2) is 5.54 Å². The third-order valence-electron chi connectivity index (χ3n) is 8.80. The van der Waals surface area contributed by atoms with Crippen LogP contribution in [-0.2, 0) is 29.4 Å². The highest BCUT2D eigenvalue weighted by molar-refractivity contribution is 6.00. The second-order valence-electron chi connectivity index (χ2n) is 10.8. The molecule has 3 aliphatic rings. The fraction of sp³-hybridized carbons (Fsp3) is 0.387. The number of benzene rings is 2. The van der Waals surface area contributed by atoms with Gasteiger partial charge in [-0.2, -0.15) is 0 Å². The van der Waals surface area contributed by atoms with E-state index in [9.17, 15) is 14.4 Å². The van der Waals surface area contributed by atoms with Gasteiger partial charge in [0.2, 0.25) is 0 Å². The molecule has 3 heterocycles. The standard InChI is InChI=1S/C31H33N3O4/c1-32-25-17-23-20-34(28(35)22-13-7-4-8-14-22)31(30(37)38-2,19-21-11-5-3-6-12-21)27(23)24(25)18-26(32)29(36)33-15-9-10-16-33/h3-8,11-14,18,23,27H,9-10,15-17,19-20H2,1-2H3/t23-,27+,31+/m0/s1.